The standard InChI is InChI=1S/C14H24O2S2/c1-11-14(15,5-9-18-11)12-2-6-16-13(10-12)3-7-17-8-4-13/h11-12,15H,2-10H2,1H3. The zero-order chi connectivity index (χ0) is 12.6. The Balaban J connectivity index is 1.73. The zero-order valence-corrected chi connectivity index (χ0v) is 12.8. The Morgan fingerprint density at radius 1 is 1.17 bits per heavy atom. The second kappa shape index (κ2) is 5.19. The number of hydrogen-bond acceptors (Lipinski definition) is 4. The predicted molar refractivity (Wildman–Crippen MR) is 79.5 cm³/mol. The third-order valence-electron chi connectivity index (χ3n) is 5.18. The van der Waals surface area contributed by atoms with Crippen molar-refractivity contribution in [1.29, 1.82) is 0 Å². The van der Waals surface area contributed by atoms with E-state index in [1.807, 2.05) is 23.5 Å². The van der Waals surface area contributed by atoms with Crippen LogP contribution < -0.4 is 0 Å². The maximum atomic E-state index is 11.0. The van der Waals surface area contributed by atoms with Gasteiger partial charge >= 0.3 is 0 Å². The molecule has 3 rings (SSSR count). The molecule has 3 atom stereocenters. The van der Waals surface area contributed by atoms with E-state index in [9.17, 15) is 5.11 Å². The van der Waals surface area contributed by atoms with Crippen LogP contribution in [-0.4, -0.2) is 45.4 Å². The largest absolute Gasteiger partial charge is 0.388 e. The first-order valence-electron chi connectivity index (χ1n) is 7.20. The predicted octanol–water partition coefficient (Wildman–Crippen LogP) is 2.94. The Bertz CT molecular complexity index is 299. The summed E-state index contributed by atoms with van der Waals surface area (Å²) in [6, 6.07) is 0. The lowest BCUT2D eigenvalue weighted by molar-refractivity contribution is -0.144. The lowest BCUT2D eigenvalue weighted by Crippen LogP contribution is -2.52. The first-order chi connectivity index (χ1) is 8.65. The van der Waals surface area contributed by atoms with E-state index in [0.29, 0.717) is 11.2 Å². The lowest BCUT2D eigenvalue weighted by atomic mass is 9.71. The van der Waals surface area contributed by atoms with E-state index in [1.165, 1.54) is 24.3 Å². The summed E-state index contributed by atoms with van der Waals surface area (Å²) < 4.78 is 6.15. The van der Waals surface area contributed by atoms with Crippen LogP contribution in [-0.2, 0) is 4.74 Å². The third-order valence-corrected chi connectivity index (χ3v) is 7.51. The molecule has 3 aliphatic heterocycles. The quantitative estimate of drug-likeness (QED) is 0.803. The molecule has 1 N–H and O–H groups in total. The minimum absolute atomic E-state index is 0.108. The van der Waals surface area contributed by atoms with Gasteiger partial charge in [-0.2, -0.15) is 23.5 Å². The van der Waals surface area contributed by atoms with Gasteiger partial charge in [0.15, 0.2) is 0 Å². The van der Waals surface area contributed by atoms with Crippen LogP contribution in [0.3, 0.4) is 0 Å². The summed E-state index contributed by atoms with van der Waals surface area (Å²) in [6.07, 6.45) is 5.50. The van der Waals surface area contributed by atoms with Crippen molar-refractivity contribution >= 4 is 23.5 Å². The van der Waals surface area contributed by atoms with Crippen LogP contribution in [0.2, 0.25) is 0 Å². The van der Waals surface area contributed by atoms with Gasteiger partial charge < -0.3 is 9.84 Å². The smallest absolute Gasteiger partial charge is 0.0800 e. The highest BCUT2D eigenvalue weighted by atomic mass is 32.2. The summed E-state index contributed by atoms with van der Waals surface area (Å²) in [7, 11) is 0. The van der Waals surface area contributed by atoms with Crippen LogP contribution in [0.1, 0.15) is 39.0 Å². The molecule has 18 heavy (non-hydrogen) atoms. The van der Waals surface area contributed by atoms with Crippen LogP contribution in [0.25, 0.3) is 0 Å². The first-order valence-corrected chi connectivity index (χ1v) is 9.41. The van der Waals surface area contributed by atoms with Crippen molar-refractivity contribution < 1.29 is 9.84 Å². The van der Waals surface area contributed by atoms with Crippen LogP contribution in [0.4, 0.5) is 0 Å². The topological polar surface area (TPSA) is 29.5 Å². The summed E-state index contributed by atoms with van der Waals surface area (Å²) in [6.45, 7) is 3.06. The molecule has 0 aliphatic carbocycles. The molecule has 3 saturated heterocycles. The SMILES string of the molecule is CC1SCCC1(O)C1CCOC2(CCSCC2)C1. The number of hydrogen-bond donors (Lipinski definition) is 1. The van der Waals surface area contributed by atoms with E-state index in [2.05, 4.69) is 6.92 Å². The average molecular weight is 288 g/mol. The summed E-state index contributed by atoms with van der Waals surface area (Å²) in [5, 5.41) is 11.4. The maximum absolute atomic E-state index is 11.0. The fraction of sp³-hybridized carbons (Fsp3) is 1.00. The van der Waals surface area contributed by atoms with Crippen molar-refractivity contribution in [2.75, 3.05) is 23.9 Å². The third kappa shape index (κ3) is 2.34. The fourth-order valence-electron chi connectivity index (χ4n) is 3.83. The Morgan fingerprint density at radius 3 is 2.61 bits per heavy atom. The molecule has 2 nitrogen and oxygen atoms in total. The molecule has 1 spiro atoms. The Kier molecular flexibility index (Phi) is 3.92. The van der Waals surface area contributed by atoms with Gasteiger partial charge in [-0.25, -0.2) is 0 Å². The second-order valence-corrected chi connectivity index (χ2v) is 8.76. The highest BCUT2D eigenvalue weighted by Gasteiger charge is 2.50. The highest BCUT2D eigenvalue weighted by molar-refractivity contribution is 8.00. The molecule has 104 valence electrons. The summed E-state index contributed by atoms with van der Waals surface area (Å²) in [5.74, 6) is 4.04. The van der Waals surface area contributed by atoms with Gasteiger partial charge in [0, 0.05) is 11.9 Å². The van der Waals surface area contributed by atoms with Gasteiger partial charge in [-0.15, -0.1) is 0 Å². The fourth-order valence-corrected chi connectivity index (χ4v) is 6.46. The van der Waals surface area contributed by atoms with E-state index in [-0.39, 0.29) is 5.60 Å². The summed E-state index contributed by atoms with van der Waals surface area (Å²) >= 11 is 3.99. The number of aliphatic hydroxyl groups is 1. The normalized spacial score (nSPS) is 44.3. The molecular formula is C14H24O2S2. The van der Waals surface area contributed by atoms with Crippen molar-refractivity contribution in [3.63, 3.8) is 0 Å². The van der Waals surface area contributed by atoms with Crippen LogP contribution in [0.15, 0.2) is 0 Å². The van der Waals surface area contributed by atoms with Gasteiger partial charge in [0.2, 0.25) is 0 Å². The molecule has 3 fully saturated rings. The zero-order valence-electron chi connectivity index (χ0n) is 11.2. The number of ether oxygens (including phenoxy) is 1. The molecule has 3 unspecified atom stereocenters. The summed E-state index contributed by atoms with van der Waals surface area (Å²) in [5.41, 5.74) is -0.317. The minimum Gasteiger partial charge on any atom is -0.388 e. The van der Waals surface area contributed by atoms with Crippen molar-refractivity contribution in [3.8, 4) is 0 Å². The molecule has 0 aromatic carbocycles. The second-order valence-electron chi connectivity index (χ2n) is 6.09. The van der Waals surface area contributed by atoms with Crippen LogP contribution in [0, 0.1) is 5.92 Å². The van der Waals surface area contributed by atoms with Gasteiger partial charge in [-0.05, 0) is 55.3 Å². The maximum Gasteiger partial charge on any atom is 0.0800 e. The monoisotopic (exact) mass is 288 g/mol. The van der Waals surface area contributed by atoms with Crippen molar-refractivity contribution in [3.05, 3.63) is 0 Å². The number of thioether (sulfide) groups is 2. The van der Waals surface area contributed by atoms with Crippen molar-refractivity contribution in [2.45, 2.75) is 55.5 Å². The Morgan fingerprint density at radius 2 is 1.94 bits per heavy atom. The van der Waals surface area contributed by atoms with E-state index in [0.717, 1.165) is 31.6 Å². The summed E-state index contributed by atoms with van der Waals surface area (Å²) in [4.78, 5) is 0. The molecule has 0 aromatic rings. The molecule has 0 saturated carbocycles. The van der Waals surface area contributed by atoms with E-state index < -0.39 is 5.60 Å². The Hall–Kier alpha value is 0.620. The molecule has 0 radical (unpaired) electrons. The van der Waals surface area contributed by atoms with Gasteiger partial charge in [0.05, 0.1) is 11.2 Å². The molecule has 3 aliphatic rings. The van der Waals surface area contributed by atoms with E-state index in [4.69, 9.17) is 4.74 Å². The number of rotatable bonds is 1. The van der Waals surface area contributed by atoms with Crippen LogP contribution in [0.5, 0.6) is 0 Å². The van der Waals surface area contributed by atoms with E-state index >= 15 is 0 Å². The van der Waals surface area contributed by atoms with E-state index in [1.54, 1.807) is 0 Å². The molecular weight excluding hydrogens is 264 g/mol. The van der Waals surface area contributed by atoms with Crippen LogP contribution >= 0.6 is 23.5 Å². The molecule has 4 heteroatoms. The molecule has 0 bridgehead atoms. The van der Waals surface area contributed by atoms with Gasteiger partial charge in [-0.3, -0.25) is 0 Å². The molecule has 0 aromatic heterocycles. The average Bonchev–Trinajstić information content (AvgIpc) is 2.72. The molecule has 3 heterocycles. The van der Waals surface area contributed by atoms with Crippen molar-refractivity contribution in [1.82, 2.24) is 0 Å². The highest BCUT2D eigenvalue weighted by Crippen LogP contribution is 2.49. The van der Waals surface area contributed by atoms with Gasteiger partial charge in [0.1, 0.15) is 0 Å². The molecule has 0 amide bonds. The van der Waals surface area contributed by atoms with Gasteiger partial charge in [0.25, 0.3) is 0 Å². The van der Waals surface area contributed by atoms with Crippen molar-refractivity contribution in [2.24, 2.45) is 5.92 Å². The Labute approximate surface area is 119 Å². The lowest BCUT2D eigenvalue weighted by Gasteiger charge is -2.48. The first kappa shape index (κ1) is 13.6. The van der Waals surface area contributed by atoms with Gasteiger partial charge in [-0.1, -0.05) is 6.92 Å². The minimum atomic E-state index is -0.425.